The van der Waals surface area contributed by atoms with E-state index in [-0.39, 0.29) is 6.10 Å². The van der Waals surface area contributed by atoms with Gasteiger partial charge in [-0.2, -0.15) is 0 Å². The molecule has 1 saturated carbocycles. The number of hydrogen-bond acceptors (Lipinski definition) is 3. The smallest absolute Gasteiger partial charge is 0.0898 e. The van der Waals surface area contributed by atoms with Crippen molar-refractivity contribution in [2.24, 2.45) is 0 Å². The second-order valence-corrected chi connectivity index (χ2v) is 4.98. The van der Waals surface area contributed by atoms with Crippen LogP contribution in [0.5, 0.6) is 0 Å². The predicted octanol–water partition coefficient (Wildman–Crippen LogP) is 2.27. The van der Waals surface area contributed by atoms with E-state index >= 15 is 0 Å². The van der Waals surface area contributed by atoms with E-state index in [0.29, 0.717) is 19.2 Å². The average molecular weight is 249 g/mol. The lowest BCUT2D eigenvalue weighted by Crippen LogP contribution is -2.32. The largest absolute Gasteiger partial charge is 0.389 e. The van der Waals surface area contributed by atoms with E-state index in [1.54, 1.807) is 0 Å². The first-order valence-electron chi connectivity index (χ1n) is 6.87. The zero-order valence-electron chi connectivity index (χ0n) is 11.0. The van der Waals surface area contributed by atoms with Crippen LogP contribution in [0.2, 0.25) is 0 Å². The maximum Gasteiger partial charge on any atom is 0.0898 e. The summed E-state index contributed by atoms with van der Waals surface area (Å²) in [7, 11) is 0. The van der Waals surface area contributed by atoms with Gasteiger partial charge in [0.2, 0.25) is 0 Å². The molecule has 1 aliphatic rings. The molecule has 1 aliphatic carbocycles. The van der Waals surface area contributed by atoms with Crippen molar-refractivity contribution in [3.05, 3.63) is 35.9 Å². The molecule has 0 aromatic heterocycles. The Labute approximate surface area is 109 Å². The van der Waals surface area contributed by atoms with Gasteiger partial charge >= 0.3 is 0 Å². The third-order valence-corrected chi connectivity index (χ3v) is 3.25. The Morgan fingerprint density at radius 1 is 1.33 bits per heavy atom. The molecule has 1 fully saturated rings. The van der Waals surface area contributed by atoms with Crippen molar-refractivity contribution in [2.45, 2.75) is 44.4 Å². The first kappa shape index (κ1) is 13.5. The van der Waals surface area contributed by atoms with Gasteiger partial charge in [-0.15, -0.1) is 0 Å². The molecule has 1 aromatic carbocycles. The van der Waals surface area contributed by atoms with Gasteiger partial charge in [-0.1, -0.05) is 37.3 Å². The van der Waals surface area contributed by atoms with Gasteiger partial charge in [-0.05, 0) is 24.8 Å². The molecule has 1 aromatic rings. The van der Waals surface area contributed by atoms with Crippen LogP contribution in [0.3, 0.4) is 0 Å². The van der Waals surface area contributed by atoms with E-state index in [0.717, 1.165) is 6.42 Å². The van der Waals surface area contributed by atoms with Crippen LogP contribution < -0.4 is 5.32 Å². The quantitative estimate of drug-likeness (QED) is 0.742. The summed E-state index contributed by atoms with van der Waals surface area (Å²) in [6.45, 7) is 3.13. The molecule has 0 bridgehead atoms. The van der Waals surface area contributed by atoms with Crippen molar-refractivity contribution >= 4 is 0 Å². The van der Waals surface area contributed by atoms with Crippen molar-refractivity contribution in [3.8, 4) is 0 Å². The van der Waals surface area contributed by atoms with E-state index in [9.17, 15) is 5.11 Å². The van der Waals surface area contributed by atoms with Crippen LogP contribution in [-0.2, 0) is 4.74 Å². The molecule has 18 heavy (non-hydrogen) atoms. The molecule has 2 rings (SSSR count). The van der Waals surface area contributed by atoms with Crippen LogP contribution in [0.1, 0.15) is 37.9 Å². The number of aliphatic hydroxyl groups excluding tert-OH is 1. The molecule has 0 aliphatic heterocycles. The fourth-order valence-corrected chi connectivity index (χ4v) is 1.99. The summed E-state index contributed by atoms with van der Waals surface area (Å²) in [5, 5.41) is 13.1. The van der Waals surface area contributed by atoms with Gasteiger partial charge in [0, 0.05) is 12.6 Å². The maximum absolute atomic E-state index is 9.83. The first-order valence-corrected chi connectivity index (χ1v) is 6.87. The third kappa shape index (κ3) is 4.41. The summed E-state index contributed by atoms with van der Waals surface area (Å²) in [4.78, 5) is 0. The van der Waals surface area contributed by atoms with Crippen molar-refractivity contribution < 1.29 is 9.84 Å². The number of ether oxygens (including phenoxy) is 1. The van der Waals surface area contributed by atoms with Crippen molar-refractivity contribution in [2.75, 3.05) is 13.2 Å². The van der Waals surface area contributed by atoms with Crippen molar-refractivity contribution in [3.63, 3.8) is 0 Å². The van der Waals surface area contributed by atoms with Crippen LogP contribution in [0.25, 0.3) is 0 Å². The third-order valence-electron chi connectivity index (χ3n) is 3.25. The Hall–Kier alpha value is -0.900. The van der Waals surface area contributed by atoms with E-state index < -0.39 is 6.10 Å². The van der Waals surface area contributed by atoms with Gasteiger partial charge in [-0.3, -0.25) is 0 Å². The van der Waals surface area contributed by atoms with Crippen LogP contribution in [-0.4, -0.2) is 30.4 Å². The molecule has 3 nitrogen and oxygen atoms in total. The lowest BCUT2D eigenvalue weighted by molar-refractivity contribution is -0.0114. The second kappa shape index (κ2) is 6.88. The summed E-state index contributed by atoms with van der Waals surface area (Å²) in [6, 6.07) is 10.8. The standard InChI is InChI=1S/C15H23NO2/c1-2-15(12-6-4-3-5-7-12)18-11-14(17)10-16-13-8-9-13/h3-7,13-17H,2,8-11H2,1H3. The Morgan fingerprint density at radius 3 is 2.67 bits per heavy atom. The van der Waals surface area contributed by atoms with E-state index in [1.165, 1.54) is 18.4 Å². The molecule has 2 atom stereocenters. The zero-order chi connectivity index (χ0) is 12.8. The highest BCUT2D eigenvalue weighted by Gasteiger charge is 2.21. The number of hydrogen-bond donors (Lipinski definition) is 2. The number of aliphatic hydroxyl groups is 1. The van der Waals surface area contributed by atoms with E-state index in [1.807, 2.05) is 18.2 Å². The van der Waals surface area contributed by atoms with E-state index in [4.69, 9.17) is 4.74 Å². The minimum atomic E-state index is -0.414. The molecule has 3 heteroatoms. The Balaban J connectivity index is 1.72. The Bertz CT molecular complexity index is 338. The topological polar surface area (TPSA) is 41.5 Å². The molecular weight excluding hydrogens is 226 g/mol. The molecule has 0 heterocycles. The summed E-state index contributed by atoms with van der Waals surface area (Å²) >= 11 is 0. The van der Waals surface area contributed by atoms with Gasteiger partial charge in [0.1, 0.15) is 0 Å². The molecule has 0 amide bonds. The number of benzene rings is 1. The fourth-order valence-electron chi connectivity index (χ4n) is 1.99. The van der Waals surface area contributed by atoms with Crippen LogP contribution in [0, 0.1) is 0 Å². The van der Waals surface area contributed by atoms with Crippen LogP contribution in [0.4, 0.5) is 0 Å². The summed E-state index contributed by atoms with van der Waals surface area (Å²) in [5.41, 5.74) is 1.18. The minimum absolute atomic E-state index is 0.0850. The Morgan fingerprint density at radius 2 is 2.06 bits per heavy atom. The van der Waals surface area contributed by atoms with E-state index in [2.05, 4.69) is 24.4 Å². The average Bonchev–Trinajstić information content (AvgIpc) is 3.22. The zero-order valence-corrected chi connectivity index (χ0v) is 11.0. The molecule has 2 unspecified atom stereocenters. The summed E-state index contributed by atoms with van der Waals surface area (Å²) < 4.78 is 5.80. The normalized spacial score (nSPS) is 18.6. The minimum Gasteiger partial charge on any atom is -0.389 e. The van der Waals surface area contributed by atoms with Crippen LogP contribution >= 0.6 is 0 Å². The maximum atomic E-state index is 9.83. The number of nitrogens with one attached hydrogen (secondary N) is 1. The first-order chi connectivity index (χ1) is 8.79. The fraction of sp³-hybridized carbons (Fsp3) is 0.600. The number of rotatable bonds is 8. The van der Waals surface area contributed by atoms with Crippen LogP contribution in [0.15, 0.2) is 30.3 Å². The lowest BCUT2D eigenvalue weighted by atomic mass is 10.1. The van der Waals surface area contributed by atoms with Gasteiger partial charge in [0.15, 0.2) is 0 Å². The molecular formula is C15H23NO2. The molecule has 100 valence electrons. The van der Waals surface area contributed by atoms with Crippen molar-refractivity contribution in [1.82, 2.24) is 5.32 Å². The predicted molar refractivity (Wildman–Crippen MR) is 72.5 cm³/mol. The van der Waals surface area contributed by atoms with Crippen molar-refractivity contribution in [1.29, 1.82) is 0 Å². The molecule has 0 radical (unpaired) electrons. The molecule has 2 N–H and O–H groups in total. The second-order valence-electron chi connectivity index (χ2n) is 4.98. The summed E-state index contributed by atoms with van der Waals surface area (Å²) in [5.74, 6) is 0. The molecule has 0 saturated heterocycles. The van der Waals surface area contributed by atoms with Gasteiger partial charge in [-0.25, -0.2) is 0 Å². The highest BCUT2D eigenvalue weighted by molar-refractivity contribution is 5.17. The highest BCUT2D eigenvalue weighted by Crippen LogP contribution is 2.21. The molecule has 0 spiro atoms. The summed E-state index contributed by atoms with van der Waals surface area (Å²) in [6.07, 6.45) is 3.09. The van der Waals surface area contributed by atoms with Gasteiger partial charge in [0.25, 0.3) is 0 Å². The monoisotopic (exact) mass is 249 g/mol. The highest BCUT2D eigenvalue weighted by atomic mass is 16.5. The SMILES string of the molecule is CCC(OCC(O)CNC1CC1)c1ccccc1. The van der Waals surface area contributed by atoms with Gasteiger partial charge in [0.05, 0.1) is 18.8 Å². The van der Waals surface area contributed by atoms with Gasteiger partial charge < -0.3 is 15.2 Å². The lowest BCUT2D eigenvalue weighted by Gasteiger charge is -2.19. The Kier molecular flexibility index (Phi) is 5.17.